The molecule has 3 rings (SSSR count). The molecule has 0 aliphatic carbocycles. The van der Waals surface area contributed by atoms with E-state index >= 15 is 0 Å². The van der Waals surface area contributed by atoms with Gasteiger partial charge < -0.3 is 10.2 Å². The lowest BCUT2D eigenvalue weighted by atomic mass is 9.77. The highest BCUT2D eigenvalue weighted by molar-refractivity contribution is 5.85. The van der Waals surface area contributed by atoms with Crippen molar-refractivity contribution < 1.29 is 13.2 Å². The normalized spacial score (nSPS) is 24.4. The van der Waals surface area contributed by atoms with Crippen molar-refractivity contribution in [2.24, 2.45) is 5.41 Å². The van der Waals surface area contributed by atoms with E-state index in [-0.39, 0.29) is 23.9 Å². The van der Waals surface area contributed by atoms with Crippen LogP contribution in [-0.4, -0.2) is 30.7 Å². The number of piperidine rings is 1. The smallest absolute Gasteiger partial charge is 0.353 e. The van der Waals surface area contributed by atoms with Crippen molar-refractivity contribution in [1.82, 2.24) is 10.3 Å². The zero-order valence-corrected chi connectivity index (χ0v) is 13.3. The lowest BCUT2D eigenvalue weighted by molar-refractivity contribution is -0.137. The lowest BCUT2D eigenvalue weighted by Crippen LogP contribution is -2.38. The van der Waals surface area contributed by atoms with Crippen LogP contribution in [0, 0.1) is 5.41 Å². The maximum Gasteiger partial charge on any atom is 0.416 e. The van der Waals surface area contributed by atoms with Gasteiger partial charge in [-0.15, -0.1) is 12.4 Å². The fourth-order valence-electron chi connectivity index (χ4n) is 3.70. The van der Waals surface area contributed by atoms with Crippen molar-refractivity contribution in [3.63, 3.8) is 0 Å². The molecule has 1 atom stereocenters. The molecule has 0 aromatic carbocycles. The fraction of sp³-hybridized carbons (Fsp3) is 0.667. The molecule has 1 aromatic heterocycles. The Hall–Kier alpha value is -1.01. The van der Waals surface area contributed by atoms with Gasteiger partial charge in [0, 0.05) is 18.8 Å². The maximum atomic E-state index is 12.8. The van der Waals surface area contributed by atoms with Gasteiger partial charge in [0.2, 0.25) is 0 Å². The summed E-state index contributed by atoms with van der Waals surface area (Å²) in [6, 6.07) is 2.44. The molecule has 2 saturated heterocycles. The van der Waals surface area contributed by atoms with E-state index in [0.29, 0.717) is 5.82 Å². The Morgan fingerprint density at radius 1 is 1.32 bits per heavy atom. The molecule has 1 N–H and O–H groups in total. The van der Waals surface area contributed by atoms with E-state index in [2.05, 4.69) is 17.2 Å². The average molecular weight is 336 g/mol. The molecule has 2 aliphatic heterocycles. The minimum absolute atomic E-state index is 0. The summed E-state index contributed by atoms with van der Waals surface area (Å²) in [5, 5.41) is 3.35. The number of rotatable bonds is 1. The average Bonchev–Trinajstić information content (AvgIpc) is 2.75. The molecule has 1 aromatic rings. The molecule has 3 heterocycles. The molecule has 0 amide bonds. The van der Waals surface area contributed by atoms with Gasteiger partial charge in [0.15, 0.2) is 0 Å². The first-order valence-corrected chi connectivity index (χ1v) is 7.40. The molecule has 2 fully saturated rings. The number of anilines is 1. The molecule has 0 bridgehead atoms. The van der Waals surface area contributed by atoms with Gasteiger partial charge in [-0.05, 0) is 56.8 Å². The number of aromatic nitrogens is 1. The van der Waals surface area contributed by atoms with Crippen LogP contribution >= 0.6 is 12.4 Å². The Morgan fingerprint density at radius 2 is 2.00 bits per heavy atom. The lowest BCUT2D eigenvalue weighted by Gasteiger charge is -2.33. The van der Waals surface area contributed by atoms with E-state index in [1.165, 1.54) is 12.3 Å². The highest BCUT2D eigenvalue weighted by Crippen LogP contribution is 2.43. The minimum atomic E-state index is -4.31. The molecule has 124 valence electrons. The zero-order chi connectivity index (χ0) is 15.1. The van der Waals surface area contributed by atoms with Crippen molar-refractivity contribution >= 4 is 18.2 Å². The van der Waals surface area contributed by atoms with Gasteiger partial charge in [-0.3, -0.25) is 0 Å². The number of alkyl halides is 3. The van der Waals surface area contributed by atoms with Gasteiger partial charge >= 0.3 is 6.18 Å². The first-order valence-electron chi connectivity index (χ1n) is 7.40. The monoisotopic (exact) mass is 335 g/mol. The Kier molecular flexibility index (Phi) is 4.92. The van der Waals surface area contributed by atoms with Crippen LogP contribution in [0.3, 0.4) is 0 Å². The summed E-state index contributed by atoms with van der Waals surface area (Å²) < 4.78 is 38.5. The van der Waals surface area contributed by atoms with Gasteiger partial charge in [-0.1, -0.05) is 0 Å². The van der Waals surface area contributed by atoms with Crippen molar-refractivity contribution in [2.75, 3.05) is 24.5 Å². The molecule has 22 heavy (non-hydrogen) atoms. The highest BCUT2D eigenvalue weighted by atomic mass is 35.5. The number of nitrogens with zero attached hydrogens (tertiary/aromatic N) is 2. The predicted molar refractivity (Wildman–Crippen MR) is 82.4 cm³/mol. The summed E-state index contributed by atoms with van der Waals surface area (Å²) >= 11 is 0. The summed E-state index contributed by atoms with van der Waals surface area (Å²) in [5.74, 6) is 0.452. The summed E-state index contributed by atoms with van der Waals surface area (Å²) in [7, 11) is 0. The Bertz CT molecular complexity index is 515. The second-order valence-corrected chi connectivity index (χ2v) is 6.33. The third-order valence-corrected chi connectivity index (χ3v) is 4.80. The predicted octanol–water partition coefficient (Wildman–Crippen LogP) is 3.49. The van der Waals surface area contributed by atoms with Crippen molar-refractivity contribution in [3.05, 3.63) is 23.9 Å². The molecule has 3 nitrogen and oxygen atoms in total. The Balaban J connectivity index is 0.00000176. The maximum absolute atomic E-state index is 12.8. The van der Waals surface area contributed by atoms with Crippen LogP contribution in [0.25, 0.3) is 0 Å². The number of pyridine rings is 1. The number of nitrogens with one attached hydrogen (secondary N) is 1. The molecule has 2 aliphatic rings. The quantitative estimate of drug-likeness (QED) is 0.851. The molecule has 7 heteroatoms. The summed E-state index contributed by atoms with van der Waals surface area (Å²) in [4.78, 5) is 6.22. The number of halogens is 4. The standard InChI is InChI=1S/C15H20F3N3.ClH/c1-11-9-14(3-6-19-7-4-14)10-21(11)13-8-12(2-5-20-13)15(16,17)18;/h2,5,8,11,19H,3-4,6-7,9-10H2,1H3;1H. The SMILES string of the molecule is CC1CC2(CCNCC2)CN1c1cc(C(F)(F)F)ccn1.Cl. The van der Waals surface area contributed by atoms with Crippen molar-refractivity contribution in [1.29, 1.82) is 0 Å². The second kappa shape index (κ2) is 6.24. The molecular formula is C15H21ClF3N3. The van der Waals surface area contributed by atoms with E-state index in [1.807, 2.05) is 4.90 Å². The van der Waals surface area contributed by atoms with E-state index in [9.17, 15) is 13.2 Å². The topological polar surface area (TPSA) is 28.2 Å². The minimum Gasteiger partial charge on any atom is -0.353 e. The van der Waals surface area contributed by atoms with Crippen LogP contribution in [0.5, 0.6) is 0 Å². The summed E-state index contributed by atoms with van der Waals surface area (Å²) in [6.07, 6.45) is 0.164. The van der Waals surface area contributed by atoms with Crippen LogP contribution < -0.4 is 10.2 Å². The fourth-order valence-corrected chi connectivity index (χ4v) is 3.70. The zero-order valence-electron chi connectivity index (χ0n) is 12.5. The largest absolute Gasteiger partial charge is 0.416 e. The van der Waals surface area contributed by atoms with Gasteiger partial charge in [-0.25, -0.2) is 4.98 Å². The first-order chi connectivity index (χ1) is 9.90. The van der Waals surface area contributed by atoms with Crippen LogP contribution in [0.4, 0.5) is 19.0 Å². The summed E-state index contributed by atoms with van der Waals surface area (Å²) in [6.45, 7) is 4.88. The van der Waals surface area contributed by atoms with Gasteiger partial charge in [0.05, 0.1) is 5.56 Å². The van der Waals surface area contributed by atoms with Crippen LogP contribution in [0.1, 0.15) is 31.7 Å². The van der Waals surface area contributed by atoms with E-state index in [1.54, 1.807) is 0 Å². The second-order valence-electron chi connectivity index (χ2n) is 6.33. The van der Waals surface area contributed by atoms with E-state index < -0.39 is 11.7 Å². The number of hydrogen-bond acceptors (Lipinski definition) is 3. The first kappa shape index (κ1) is 17.3. The third kappa shape index (κ3) is 3.33. The molecule has 1 spiro atoms. The molecular weight excluding hydrogens is 315 g/mol. The third-order valence-electron chi connectivity index (χ3n) is 4.80. The Morgan fingerprint density at radius 3 is 2.64 bits per heavy atom. The molecule has 0 saturated carbocycles. The van der Waals surface area contributed by atoms with Crippen LogP contribution in [0.15, 0.2) is 18.3 Å². The van der Waals surface area contributed by atoms with Gasteiger partial charge in [0.25, 0.3) is 0 Å². The summed E-state index contributed by atoms with van der Waals surface area (Å²) in [5.41, 5.74) is -0.383. The van der Waals surface area contributed by atoms with Crippen molar-refractivity contribution in [3.8, 4) is 0 Å². The Labute approximate surface area is 134 Å². The number of hydrogen-bond donors (Lipinski definition) is 1. The van der Waals surface area contributed by atoms with Gasteiger partial charge in [0.1, 0.15) is 5.82 Å². The van der Waals surface area contributed by atoms with Crippen LogP contribution in [-0.2, 0) is 6.18 Å². The van der Waals surface area contributed by atoms with Gasteiger partial charge in [-0.2, -0.15) is 13.2 Å². The van der Waals surface area contributed by atoms with Crippen molar-refractivity contribution in [2.45, 2.75) is 38.4 Å². The molecule has 0 radical (unpaired) electrons. The van der Waals surface area contributed by atoms with Crippen LogP contribution in [0.2, 0.25) is 0 Å². The molecule has 1 unspecified atom stereocenters. The van der Waals surface area contributed by atoms with E-state index in [0.717, 1.165) is 45.0 Å². The highest BCUT2D eigenvalue weighted by Gasteiger charge is 2.43. The van der Waals surface area contributed by atoms with E-state index in [4.69, 9.17) is 0 Å².